The first-order valence-corrected chi connectivity index (χ1v) is 7.95. The number of ether oxygens (including phenoxy) is 1. The minimum Gasteiger partial charge on any atom is -0.503 e. The first-order valence-electron chi connectivity index (χ1n) is 7.95. The summed E-state index contributed by atoms with van der Waals surface area (Å²) in [6, 6.07) is 2.08. The number of aromatic hydroxyl groups is 1. The second-order valence-electron chi connectivity index (χ2n) is 6.20. The van der Waals surface area contributed by atoms with Crippen molar-refractivity contribution in [2.45, 2.75) is 26.1 Å². The lowest BCUT2D eigenvalue weighted by Crippen LogP contribution is -2.48. The smallest absolute Gasteiger partial charge is 0.277 e. The van der Waals surface area contributed by atoms with E-state index in [0.717, 1.165) is 0 Å². The zero-order valence-corrected chi connectivity index (χ0v) is 14.3. The molecule has 1 N–H and O–H groups in total. The number of aromatic nitrogens is 1. The standard InChI is InChI=1S/C17H14F3N3O4/c1-7-5-23(6-8(2)26-7)17(25)14-10(4-21)16(27-22-14)9-3-11(18)13(20)15(24)12(9)19/h3,7-8,24H,5-6H2,1-2H3/t7-,8+. The molecule has 1 aromatic carbocycles. The summed E-state index contributed by atoms with van der Waals surface area (Å²) in [5.74, 6) is -7.64. The van der Waals surface area contributed by atoms with Crippen molar-refractivity contribution in [3.8, 4) is 23.1 Å². The number of carbonyl (C=O) groups is 1. The van der Waals surface area contributed by atoms with Crippen LogP contribution in [-0.4, -0.2) is 46.4 Å². The van der Waals surface area contributed by atoms with Gasteiger partial charge in [0.2, 0.25) is 5.82 Å². The molecular formula is C17H14F3N3O4. The van der Waals surface area contributed by atoms with E-state index in [2.05, 4.69) is 5.16 Å². The van der Waals surface area contributed by atoms with Crippen LogP contribution in [0, 0.1) is 28.8 Å². The van der Waals surface area contributed by atoms with Crippen molar-refractivity contribution >= 4 is 5.91 Å². The Kier molecular flexibility index (Phi) is 4.80. The largest absolute Gasteiger partial charge is 0.503 e. The average Bonchev–Trinajstić information content (AvgIpc) is 3.05. The molecule has 1 amide bonds. The number of phenolic OH excluding ortho intramolecular Hbond substituents is 1. The summed E-state index contributed by atoms with van der Waals surface area (Å²) in [5.41, 5.74) is -1.56. The van der Waals surface area contributed by atoms with Crippen molar-refractivity contribution < 1.29 is 32.3 Å². The number of morpholine rings is 1. The van der Waals surface area contributed by atoms with E-state index >= 15 is 0 Å². The molecule has 1 aliphatic rings. The molecule has 0 spiro atoms. The quantitative estimate of drug-likeness (QED) is 0.803. The van der Waals surface area contributed by atoms with Crippen molar-refractivity contribution in [3.63, 3.8) is 0 Å². The summed E-state index contributed by atoms with van der Waals surface area (Å²) in [4.78, 5) is 14.1. The lowest BCUT2D eigenvalue weighted by atomic mass is 10.0. The maximum absolute atomic E-state index is 14.1. The van der Waals surface area contributed by atoms with Gasteiger partial charge in [-0.05, 0) is 19.9 Å². The summed E-state index contributed by atoms with van der Waals surface area (Å²) in [5, 5.41) is 22.3. The summed E-state index contributed by atoms with van der Waals surface area (Å²) in [6.07, 6.45) is -0.481. The maximum Gasteiger partial charge on any atom is 0.277 e. The molecule has 0 bridgehead atoms. The predicted octanol–water partition coefficient (Wildman–Crippen LogP) is 2.59. The first kappa shape index (κ1) is 18.7. The third kappa shape index (κ3) is 3.21. The second kappa shape index (κ2) is 6.92. The zero-order valence-electron chi connectivity index (χ0n) is 14.3. The molecule has 1 fully saturated rings. The number of hydrogen-bond acceptors (Lipinski definition) is 6. The van der Waals surface area contributed by atoms with Gasteiger partial charge in [-0.1, -0.05) is 5.16 Å². The maximum atomic E-state index is 14.1. The number of nitriles is 1. The van der Waals surface area contributed by atoms with Gasteiger partial charge in [0, 0.05) is 13.1 Å². The Hall–Kier alpha value is -3.06. The average molecular weight is 381 g/mol. The fourth-order valence-electron chi connectivity index (χ4n) is 2.97. The van der Waals surface area contributed by atoms with Crippen molar-refractivity contribution in [2.75, 3.05) is 13.1 Å². The van der Waals surface area contributed by atoms with Crippen LogP contribution in [0.25, 0.3) is 11.3 Å². The van der Waals surface area contributed by atoms with Gasteiger partial charge >= 0.3 is 0 Å². The minimum absolute atomic E-state index is 0.241. The molecule has 2 atom stereocenters. The molecule has 3 rings (SSSR count). The topological polar surface area (TPSA) is 99.6 Å². The molecule has 142 valence electrons. The van der Waals surface area contributed by atoms with Crippen LogP contribution in [0.15, 0.2) is 10.6 Å². The third-order valence-electron chi connectivity index (χ3n) is 4.09. The number of amides is 1. The van der Waals surface area contributed by atoms with E-state index in [4.69, 9.17) is 9.26 Å². The number of benzene rings is 1. The van der Waals surface area contributed by atoms with Crippen LogP contribution in [0.2, 0.25) is 0 Å². The second-order valence-corrected chi connectivity index (χ2v) is 6.20. The van der Waals surface area contributed by atoms with Crippen LogP contribution in [-0.2, 0) is 4.74 Å². The molecule has 10 heteroatoms. The zero-order chi connectivity index (χ0) is 19.9. The number of halogens is 3. The lowest BCUT2D eigenvalue weighted by molar-refractivity contribution is -0.0588. The Morgan fingerprint density at radius 1 is 1.30 bits per heavy atom. The molecule has 0 saturated carbocycles. The Balaban J connectivity index is 2.04. The number of rotatable bonds is 2. The molecule has 0 radical (unpaired) electrons. The molecule has 0 aliphatic carbocycles. The third-order valence-corrected chi connectivity index (χ3v) is 4.09. The van der Waals surface area contributed by atoms with Crippen LogP contribution in [0.3, 0.4) is 0 Å². The monoisotopic (exact) mass is 381 g/mol. The van der Waals surface area contributed by atoms with Gasteiger partial charge in [0.25, 0.3) is 5.91 Å². The van der Waals surface area contributed by atoms with Crippen LogP contribution in [0.1, 0.15) is 29.9 Å². The van der Waals surface area contributed by atoms with Gasteiger partial charge in [0.15, 0.2) is 28.8 Å². The van der Waals surface area contributed by atoms with Crippen molar-refractivity contribution in [2.24, 2.45) is 0 Å². The Morgan fingerprint density at radius 2 is 1.93 bits per heavy atom. The molecular weight excluding hydrogens is 367 g/mol. The SMILES string of the molecule is C[C@@H]1CN(C(=O)c2noc(-c3cc(F)c(F)c(O)c3F)c2C#N)C[C@H](C)O1. The summed E-state index contributed by atoms with van der Waals surface area (Å²) >= 11 is 0. The van der Waals surface area contributed by atoms with Gasteiger partial charge < -0.3 is 19.3 Å². The molecule has 1 saturated heterocycles. The predicted molar refractivity (Wildman–Crippen MR) is 84.1 cm³/mol. The van der Waals surface area contributed by atoms with Crippen LogP contribution in [0.4, 0.5) is 13.2 Å². The molecule has 1 aliphatic heterocycles. The highest BCUT2D eigenvalue weighted by atomic mass is 19.2. The fourth-order valence-corrected chi connectivity index (χ4v) is 2.97. The van der Waals surface area contributed by atoms with Gasteiger partial charge in [-0.15, -0.1) is 0 Å². The van der Waals surface area contributed by atoms with Gasteiger partial charge in [-0.25, -0.2) is 8.78 Å². The normalized spacial score (nSPS) is 19.8. The number of nitrogens with zero attached hydrogens (tertiary/aromatic N) is 3. The van der Waals surface area contributed by atoms with Gasteiger partial charge in [-0.3, -0.25) is 4.79 Å². The number of phenols is 1. The summed E-state index contributed by atoms with van der Waals surface area (Å²) in [6.45, 7) is 4.04. The van der Waals surface area contributed by atoms with Gasteiger partial charge in [0.05, 0.1) is 17.8 Å². The van der Waals surface area contributed by atoms with E-state index in [0.29, 0.717) is 6.07 Å². The Morgan fingerprint density at radius 3 is 2.52 bits per heavy atom. The van der Waals surface area contributed by atoms with Crippen LogP contribution in [0.5, 0.6) is 5.75 Å². The van der Waals surface area contributed by atoms with E-state index in [1.165, 1.54) is 4.90 Å². The summed E-state index contributed by atoms with van der Waals surface area (Å²) < 4.78 is 51.4. The van der Waals surface area contributed by atoms with Crippen molar-refractivity contribution in [1.82, 2.24) is 10.1 Å². The summed E-state index contributed by atoms with van der Waals surface area (Å²) in [7, 11) is 0. The van der Waals surface area contributed by atoms with E-state index in [9.17, 15) is 28.3 Å². The lowest BCUT2D eigenvalue weighted by Gasteiger charge is -2.34. The van der Waals surface area contributed by atoms with Gasteiger partial charge in [0.1, 0.15) is 11.6 Å². The highest BCUT2D eigenvalue weighted by molar-refractivity contribution is 5.96. The van der Waals surface area contributed by atoms with E-state index < -0.39 is 51.7 Å². The molecule has 2 heterocycles. The highest BCUT2D eigenvalue weighted by Gasteiger charge is 2.33. The van der Waals surface area contributed by atoms with E-state index in [-0.39, 0.29) is 25.3 Å². The Bertz CT molecular complexity index is 944. The van der Waals surface area contributed by atoms with Crippen LogP contribution < -0.4 is 0 Å². The van der Waals surface area contributed by atoms with Crippen LogP contribution >= 0.6 is 0 Å². The molecule has 1 aromatic heterocycles. The molecule has 7 nitrogen and oxygen atoms in total. The first-order chi connectivity index (χ1) is 12.7. The molecule has 0 unspecified atom stereocenters. The number of hydrogen-bond donors (Lipinski definition) is 1. The fraction of sp³-hybridized carbons (Fsp3) is 0.353. The van der Waals surface area contributed by atoms with Crippen molar-refractivity contribution in [1.29, 1.82) is 5.26 Å². The van der Waals surface area contributed by atoms with Gasteiger partial charge in [-0.2, -0.15) is 9.65 Å². The number of carbonyl (C=O) groups excluding carboxylic acids is 1. The molecule has 27 heavy (non-hydrogen) atoms. The van der Waals surface area contributed by atoms with E-state index in [1.54, 1.807) is 19.9 Å². The Labute approximate surface area is 151 Å². The highest BCUT2D eigenvalue weighted by Crippen LogP contribution is 2.35. The molecule has 2 aromatic rings. The van der Waals surface area contributed by atoms with E-state index in [1.807, 2.05) is 0 Å². The minimum atomic E-state index is -1.78. The van der Waals surface area contributed by atoms with Crippen molar-refractivity contribution in [3.05, 3.63) is 34.8 Å².